The summed E-state index contributed by atoms with van der Waals surface area (Å²) in [6.07, 6.45) is 4.51. The number of carboxylic acids is 1. The molecule has 1 fully saturated rings. The van der Waals surface area contributed by atoms with Gasteiger partial charge in [0.1, 0.15) is 18.2 Å². The molecule has 1 aliphatic heterocycles. The van der Waals surface area contributed by atoms with Crippen molar-refractivity contribution in [3.05, 3.63) is 89.9 Å². The molecule has 0 aliphatic carbocycles. The lowest BCUT2D eigenvalue weighted by molar-refractivity contribution is 0.0696. The Morgan fingerprint density at radius 2 is 1.84 bits per heavy atom. The minimum atomic E-state index is -3.33. The van der Waals surface area contributed by atoms with Crippen LogP contribution in [0.1, 0.15) is 34.3 Å². The molecular weight excluding hydrogens is 506 g/mol. The first-order valence-corrected chi connectivity index (χ1v) is 13.5. The van der Waals surface area contributed by atoms with Crippen LogP contribution in [-0.2, 0) is 16.6 Å². The fourth-order valence-corrected chi connectivity index (χ4v) is 5.94. The van der Waals surface area contributed by atoms with Gasteiger partial charge in [0.25, 0.3) is 0 Å². The van der Waals surface area contributed by atoms with Crippen LogP contribution in [-0.4, -0.2) is 36.8 Å². The number of aromatic carboxylic acids is 1. The zero-order valence-electron chi connectivity index (χ0n) is 20.2. The first-order chi connectivity index (χ1) is 18.4. The van der Waals surface area contributed by atoms with Gasteiger partial charge in [-0.2, -0.15) is 5.26 Å². The molecule has 0 spiro atoms. The quantitative estimate of drug-likeness (QED) is 0.350. The average Bonchev–Trinajstić information content (AvgIpc) is 3.46. The Labute approximate surface area is 219 Å². The van der Waals surface area contributed by atoms with Gasteiger partial charge in [-0.05, 0) is 54.8 Å². The number of pyridine rings is 1. The minimum absolute atomic E-state index is 0.0710. The highest BCUT2D eigenvalue weighted by molar-refractivity contribution is 7.92. The Morgan fingerprint density at radius 3 is 2.47 bits per heavy atom. The normalized spacial score (nSPS) is 14.6. The van der Waals surface area contributed by atoms with Crippen molar-refractivity contribution in [3.63, 3.8) is 0 Å². The van der Waals surface area contributed by atoms with E-state index < -0.39 is 16.0 Å². The zero-order chi connectivity index (χ0) is 26.7. The topological polar surface area (TPSA) is 134 Å². The van der Waals surface area contributed by atoms with Crippen LogP contribution in [0, 0.1) is 11.3 Å². The molecule has 3 heterocycles. The zero-order valence-corrected chi connectivity index (χ0v) is 21.0. The van der Waals surface area contributed by atoms with E-state index in [0.717, 1.165) is 6.42 Å². The fourth-order valence-electron chi connectivity index (χ4n) is 4.30. The number of rotatable bonds is 7. The van der Waals surface area contributed by atoms with Crippen LogP contribution >= 0.6 is 0 Å². The van der Waals surface area contributed by atoms with E-state index in [1.54, 1.807) is 48.5 Å². The summed E-state index contributed by atoms with van der Waals surface area (Å²) in [5.41, 5.74) is 4.20. The first-order valence-electron chi connectivity index (χ1n) is 11.9. The van der Waals surface area contributed by atoms with Crippen molar-refractivity contribution in [2.45, 2.75) is 19.4 Å². The van der Waals surface area contributed by atoms with Crippen molar-refractivity contribution in [1.82, 2.24) is 4.98 Å². The van der Waals surface area contributed by atoms with E-state index in [4.69, 9.17) is 14.3 Å². The summed E-state index contributed by atoms with van der Waals surface area (Å²) in [6, 6.07) is 19.0. The third kappa shape index (κ3) is 5.10. The molecule has 38 heavy (non-hydrogen) atoms. The van der Waals surface area contributed by atoms with Crippen molar-refractivity contribution in [1.29, 1.82) is 5.26 Å². The average molecular weight is 530 g/mol. The highest BCUT2D eigenvalue weighted by atomic mass is 32.2. The van der Waals surface area contributed by atoms with E-state index in [1.165, 1.54) is 29.0 Å². The molecule has 0 saturated carbocycles. The lowest BCUT2D eigenvalue weighted by atomic mass is 10.0. The van der Waals surface area contributed by atoms with E-state index >= 15 is 0 Å². The molecule has 0 atom stereocenters. The van der Waals surface area contributed by atoms with E-state index in [0.29, 0.717) is 46.6 Å². The third-order valence-corrected chi connectivity index (χ3v) is 8.18. The molecule has 2 aromatic heterocycles. The molecule has 0 radical (unpaired) electrons. The Balaban J connectivity index is 1.50. The largest absolute Gasteiger partial charge is 0.478 e. The Kier molecular flexibility index (Phi) is 6.85. The second-order valence-corrected chi connectivity index (χ2v) is 10.8. The second kappa shape index (κ2) is 10.4. The highest BCUT2D eigenvalue weighted by Crippen LogP contribution is 2.35. The van der Waals surface area contributed by atoms with Crippen LogP contribution in [0.2, 0.25) is 0 Å². The molecule has 1 aliphatic rings. The minimum Gasteiger partial charge on any atom is -0.478 e. The molecule has 5 rings (SSSR count). The van der Waals surface area contributed by atoms with Crippen LogP contribution in [0.15, 0.2) is 77.6 Å². The summed E-state index contributed by atoms with van der Waals surface area (Å²) in [5.74, 6) is -0.766. The molecule has 9 nitrogen and oxygen atoms in total. The smallest absolute Gasteiger partial charge is 0.335 e. The number of anilines is 1. The van der Waals surface area contributed by atoms with E-state index in [2.05, 4.69) is 11.1 Å². The summed E-state index contributed by atoms with van der Waals surface area (Å²) in [4.78, 5) is 15.7. The SMILES string of the molecule is N#Cc1c(-c2ccoc2)cc(-c2ccc(N3CCCCS3(=O)=O)cc2)nc1OCc1ccc(C(=O)O)cc1. The Morgan fingerprint density at radius 1 is 1.08 bits per heavy atom. The van der Waals surface area contributed by atoms with Crippen molar-refractivity contribution in [2.75, 3.05) is 16.6 Å². The molecule has 0 unspecified atom stereocenters. The van der Waals surface area contributed by atoms with Crippen LogP contribution < -0.4 is 9.04 Å². The second-order valence-electron chi connectivity index (χ2n) is 8.79. The summed E-state index contributed by atoms with van der Waals surface area (Å²) >= 11 is 0. The summed E-state index contributed by atoms with van der Waals surface area (Å²) < 4.78 is 37.6. The summed E-state index contributed by atoms with van der Waals surface area (Å²) in [6.45, 7) is 0.522. The molecule has 0 amide bonds. The lowest BCUT2D eigenvalue weighted by Gasteiger charge is -2.28. The number of ether oxygens (including phenoxy) is 1. The number of hydrogen-bond acceptors (Lipinski definition) is 7. The van der Waals surface area contributed by atoms with Gasteiger partial charge in [-0.3, -0.25) is 4.31 Å². The van der Waals surface area contributed by atoms with Crippen molar-refractivity contribution < 1.29 is 27.5 Å². The number of furan rings is 1. The van der Waals surface area contributed by atoms with Gasteiger partial charge in [0.2, 0.25) is 15.9 Å². The van der Waals surface area contributed by atoms with Gasteiger partial charge in [0.05, 0.1) is 35.2 Å². The molecule has 4 aromatic rings. The molecule has 2 aromatic carbocycles. The lowest BCUT2D eigenvalue weighted by Crippen LogP contribution is -2.37. The number of carboxylic acid groups (broad SMARTS) is 1. The van der Waals surface area contributed by atoms with Crippen molar-refractivity contribution in [2.24, 2.45) is 0 Å². The van der Waals surface area contributed by atoms with Gasteiger partial charge in [-0.15, -0.1) is 0 Å². The molecule has 0 bridgehead atoms. The maximum atomic E-state index is 12.5. The van der Waals surface area contributed by atoms with Crippen molar-refractivity contribution >= 4 is 21.7 Å². The molecular formula is C28H23N3O6S. The Hall–Kier alpha value is -4.62. The number of carbonyl (C=O) groups is 1. The van der Waals surface area contributed by atoms with Gasteiger partial charge in [-0.25, -0.2) is 18.2 Å². The maximum absolute atomic E-state index is 12.5. The van der Waals surface area contributed by atoms with Crippen LogP contribution in [0.4, 0.5) is 5.69 Å². The van der Waals surface area contributed by atoms with Gasteiger partial charge >= 0.3 is 5.97 Å². The molecule has 192 valence electrons. The number of hydrogen-bond donors (Lipinski definition) is 1. The van der Waals surface area contributed by atoms with E-state index in [-0.39, 0.29) is 29.4 Å². The first kappa shape index (κ1) is 25.0. The fraction of sp³-hybridized carbons (Fsp3) is 0.179. The number of aromatic nitrogens is 1. The predicted molar refractivity (Wildman–Crippen MR) is 140 cm³/mol. The monoisotopic (exact) mass is 529 g/mol. The number of nitriles is 1. The molecule has 10 heteroatoms. The summed E-state index contributed by atoms with van der Waals surface area (Å²) in [7, 11) is -3.33. The van der Waals surface area contributed by atoms with Gasteiger partial charge < -0.3 is 14.3 Å². The molecule has 1 N–H and O–H groups in total. The third-order valence-electron chi connectivity index (χ3n) is 6.31. The van der Waals surface area contributed by atoms with E-state index in [1.807, 2.05) is 0 Å². The highest BCUT2D eigenvalue weighted by Gasteiger charge is 2.26. The maximum Gasteiger partial charge on any atom is 0.335 e. The summed E-state index contributed by atoms with van der Waals surface area (Å²) in [5, 5.41) is 19.1. The van der Waals surface area contributed by atoms with Crippen LogP contribution in [0.25, 0.3) is 22.4 Å². The van der Waals surface area contributed by atoms with Crippen LogP contribution in [0.3, 0.4) is 0 Å². The number of benzene rings is 2. The standard InChI is InChI=1S/C28H23N3O6S/c29-16-25-24(22-11-13-36-18-22)15-26(30-27(25)37-17-19-3-5-21(6-4-19)28(32)33)20-7-9-23(10-8-20)31-12-1-2-14-38(31,34)35/h3-11,13,15,18H,1-2,12,14,17H2,(H,32,33). The van der Waals surface area contributed by atoms with Gasteiger partial charge in [-0.1, -0.05) is 24.3 Å². The van der Waals surface area contributed by atoms with E-state index in [9.17, 15) is 18.5 Å². The van der Waals surface area contributed by atoms with Gasteiger partial charge in [0.15, 0.2) is 0 Å². The predicted octanol–water partition coefficient (Wildman–Crippen LogP) is 5.09. The number of nitrogens with zero attached hydrogens (tertiary/aromatic N) is 3. The molecule has 1 saturated heterocycles. The van der Waals surface area contributed by atoms with Crippen molar-refractivity contribution in [3.8, 4) is 34.3 Å². The number of sulfonamides is 1. The van der Waals surface area contributed by atoms with Gasteiger partial charge in [0, 0.05) is 23.2 Å². The van der Waals surface area contributed by atoms with Crippen LogP contribution in [0.5, 0.6) is 5.88 Å². The Bertz CT molecular complexity index is 1610.